The average molecular weight is 317 g/mol. The summed E-state index contributed by atoms with van der Waals surface area (Å²) in [5, 5.41) is 2.96. The standard InChI is InChI=1S/C19H31N3O/c1-15-7-9-17(10-8-15)18(20)19(23)21-11-3-4-12-22-13-5-6-16(2)14-22/h7-10,16,18H,3-6,11-14,20H2,1-2H3,(H,21,23). The number of aryl methyl sites for hydroxylation is 1. The predicted octanol–water partition coefficient (Wildman–Crippen LogP) is 2.62. The smallest absolute Gasteiger partial charge is 0.241 e. The van der Waals surface area contributed by atoms with Gasteiger partial charge in [-0.2, -0.15) is 0 Å². The number of rotatable bonds is 7. The summed E-state index contributed by atoms with van der Waals surface area (Å²) in [6, 6.07) is 7.26. The summed E-state index contributed by atoms with van der Waals surface area (Å²) in [5.74, 6) is 0.747. The van der Waals surface area contributed by atoms with Crippen molar-refractivity contribution < 1.29 is 4.79 Å². The molecule has 128 valence electrons. The highest BCUT2D eigenvalue weighted by Gasteiger charge is 2.16. The number of hydrogen-bond donors (Lipinski definition) is 2. The molecule has 0 aromatic heterocycles. The van der Waals surface area contributed by atoms with Crippen LogP contribution >= 0.6 is 0 Å². The molecule has 1 amide bonds. The molecular formula is C19H31N3O. The summed E-state index contributed by atoms with van der Waals surface area (Å²) in [6.45, 7) is 8.67. The largest absolute Gasteiger partial charge is 0.354 e. The summed E-state index contributed by atoms with van der Waals surface area (Å²) < 4.78 is 0. The van der Waals surface area contributed by atoms with Crippen LogP contribution in [0.25, 0.3) is 0 Å². The maximum atomic E-state index is 12.1. The van der Waals surface area contributed by atoms with Crippen LogP contribution in [0.4, 0.5) is 0 Å². The number of likely N-dealkylation sites (tertiary alicyclic amines) is 1. The number of carbonyl (C=O) groups excluding carboxylic acids is 1. The zero-order chi connectivity index (χ0) is 16.7. The molecule has 0 bridgehead atoms. The number of carbonyl (C=O) groups is 1. The van der Waals surface area contributed by atoms with Crippen LogP contribution in [0.1, 0.15) is 49.8 Å². The van der Waals surface area contributed by atoms with E-state index in [0.717, 1.165) is 30.9 Å². The van der Waals surface area contributed by atoms with E-state index in [4.69, 9.17) is 5.73 Å². The molecule has 23 heavy (non-hydrogen) atoms. The molecule has 0 spiro atoms. The lowest BCUT2D eigenvalue weighted by atomic mass is 10.0. The Morgan fingerprint density at radius 3 is 2.78 bits per heavy atom. The first-order valence-electron chi connectivity index (χ1n) is 8.88. The van der Waals surface area contributed by atoms with Crippen molar-refractivity contribution >= 4 is 5.91 Å². The second-order valence-electron chi connectivity index (χ2n) is 6.93. The van der Waals surface area contributed by atoms with Crippen molar-refractivity contribution in [3.05, 3.63) is 35.4 Å². The predicted molar refractivity (Wildman–Crippen MR) is 95.2 cm³/mol. The van der Waals surface area contributed by atoms with Gasteiger partial charge in [0.15, 0.2) is 0 Å². The molecule has 1 fully saturated rings. The monoisotopic (exact) mass is 317 g/mol. The van der Waals surface area contributed by atoms with Crippen molar-refractivity contribution in [3.8, 4) is 0 Å². The van der Waals surface area contributed by atoms with Crippen molar-refractivity contribution in [1.29, 1.82) is 0 Å². The summed E-state index contributed by atoms with van der Waals surface area (Å²) in [6.07, 6.45) is 4.83. The highest BCUT2D eigenvalue weighted by atomic mass is 16.2. The van der Waals surface area contributed by atoms with Gasteiger partial charge in [0.2, 0.25) is 5.91 Å². The first-order valence-corrected chi connectivity index (χ1v) is 8.88. The van der Waals surface area contributed by atoms with Gasteiger partial charge in [-0.15, -0.1) is 0 Å². The summed E-state index contributed by atoms with van der Waals surface area (Å²) in [4.78, 5) is 14.6. The topological polar surface area (TPSA) is 58.4 Å². The molecule has 0 saturated carbocycles. The summed E-state index contributed by atoms with van der Waals surface area (Å²) in [5.41, 5.74) is 8.06. The van der Waals surface area contributed by atoms with Gasteiger partial charge in [0.1, 0.15) is 6.04 Å². The zero-order valence-electron chi connectivity index (χ0n) is 14.6. The second-order valence-corrected chi connectivity index (χ2v) is 6.93. The Labute approximate surface area is 140 Å². The molecule has 2 atom stereocenters. The number of benzene rings is 1. The maximum absolute atomic E-state index is 12.1. The van der Waals surface area contributed by atoms with Crippen molar-refractivity contribution in [1.82, 2.24) is 10.2 Å². The SMILES string of the molecule is Cc1ccc(C(N)C(=O)NCCCCN2CCCC(C)C2)cc1. The fourth-order valence-corrected chi connectivity index (χ4v) is 3.20. The Balaban J connectivity index is 1.61. The van der Waals surface area contributed by atoms with Crippen molar-refractivity contribution in [2.45, 2.75) is 45.6 Å². The molecule has 1 aliphatic heterocycles. The second kappa shape index (κ2) is 9.04. The van der Waals surface area contributed by atoms with E-state index in [9.17, 15) is 4.79 Å². The van der Waals surface area contributed by atoms with Crippen molar-refractivity contribution in [3.63, 3.8) is 0 Å². The minimum Gasteiger partial charge on any atom is -0.354 e. The number of nitrogens with one attached hydrogen (secondary N) is 1. The van der Waals surface area contributed by atoms with Gasteiger partial charge in [-0.25, -0.2) is 0 Å². The summed E-state index contributed by atoms with van der Waals surface area (Å²) in [7, 11) is 0. The quantitative estimate of drug-likeness (QED) is 0.760. The van der Waals surface area contributed by atoms with Gasteiger partial charge >= 0.3 is 0 Å². The number of hydrogen-bond acceptors (Lipinski definition) is 3. The molecule has 2 rings (SSSR count). The number of piperidine rings is 1. The van der Waals surface area contributed by atoms with E-state index in [-0.39, 0.29) is 5.91 Å². The van der Waals surface area contributed by atoms with Gasteiger partial charge in [-0.3, -0.25) is 4.79 Å². The van der Waals surface area contributed by atoms with Gasteiger partial charge < -0.3 is 16.0 Å². The van der Waals surface area contributed by atoms with E-state index in [1.165, 1.54) is 31.5 Å². The fraction of sp³-hybridized carbons (Fsp3) is 0.632. The molecule has 3 N–H and O–H groups in total. The molecule has 0 radical (unpaired) electrons. The lowest BCUT2D eigenvalue weighted by molar-refractivity contribution is -0.122. The number of unbranched alkanes of at least 4 members (excludes halogenated alkanes) is 1. The van der Waals surface area contributed by atoms with Gasteiger partial charge in [0.25, 0.3) is 0 Å². The molecule has 4 nitrogen and oxygen atoms in total. The lowest BCUT2D eigenvalue weighted by Crippen LogP contribution is -2.36. The molecule has 4 heteroatoms. The molecule has 1 aliphatic rings. The summed E-state index contributed by atoms with van der Waals surface area (Å²) >= 11 is 0. The Bertz CT molecular complexity index is 486. The van der Waals surface area contributed by atoms with Crippen LogP contribution in [-0.2, 0) is 4.79 Å². The Hall–Kier alpha value is -1.39. The van der Waals surface area contributed by atoms with Crippen LogP contribution in [0.15, 0.2) is 24.3 Å². The van der Waals surface area contributed by atoms with Gasteiger partial charge in [0.05, 0.1) is 0 Å². The highest BCUT2D eigenvalue weighted by molar-refractivity contribution is 5.82. The van der Waals surface area contributed by atoms with Crippen molar-refractivity contribution in [2.75, 3.05) is 26.2 Å². The van der Waals surface area contributed by atoms with Crippen LogP contribution in [-0.4, -0.2) is 37.0 Å². The molecule has 1 aromatic rings. The van der Waals surface area contributed by atoms with Gasteiger partial charge in [0, 0.05) is 13.1 Å². The molecule has 1 heterocycles. The highest BCUT2D eigenvalue weighted by Crippen LogP contribution is 2.15. The molecular weight excluding hydrogens is 286 g/mol. The van der Waals surface area contributed by atoms with E-state index in [0.29, 0.717) is 6.54 Å². The fourth-order valence-electron chi connectivity index (χ4n) is 3.20. The van der Waals surface area contributed by atoms with E-state index in [1.54, 1.807) is 0 Å². The van der Waals surface area contributed by atoms with Crippen LogP contribution in [0.2, 0.25) is 0 Å². The first-order chi connectivity index (χ1) is 11.1. The van der Waals surface area contributed by atoms with Crippen LogP contribution < -0.4 is 11.1 Å². The van der Waals surface area contributed by atoms with Gasteiger partial charge in [-0.1, -0.05) is 36.8 Å². The van der Waals surface area contributed by atoms with E-state index in [2.05, 4.69) is 17.1 Å². The van der Waals surface area contributed by atoms with E-state index < -0.39 is 6.04 Å². The number of nitrogens with two attached hydrogens (primary N) is 1. The minimum absolute atomic E-state index is 0.0829. The maximum Gasteiger partial charge on any atom is 0.241 e. The Morgan fingerprint density at radius 2 is 2.09 bits per heavy atom. The average Bonchev–Trinajstić information content (AvgIpc) is 2.54. The zero-order valence-corrected chi connectivity index (χ0v) is 14.6. The van der Waals surface area contributed by atoms with Gasteiger partial charge in [-0.05, 0) is 57.2 Å². The lowest BCUT2D eigenvalue weighted by Gasteiger charge is -2.30. The Morgan fingerprint density at radius 1 is 1.35 bits per heavy atom. The van der Waals surface area contributed by atoms with Crippen LogP contribution in [0, 0.1) is 12.8 Å². The van der Waals surface area contributed by atoms with Crippen molar-refractivity contribution in [2.24, 2.45) is 11.7 Å². The first kappa shape index (κ1) is 18.0. The van der Waals surface area contributed by atoms with E-state index in [1.807, 2.05) is 31.2 Å². The number of amides is 1. The van der Waals surface area contributed by atoms with Crippen LogP contribution in [0.5, 0.6) is 0 Å². The third kappa shape index (κ3) is 5.96. The third-order valence-corrected chi connectivity index (χ3v) is 4.66. The Kier molecular flexibility index (Phi) is 7.06. The molecule has 1 aromatic carbocycles. The molecule has 2 unspecified atom stereocenters. The minimum atomic E-state index is -0.571. The van der Waals surface area contributed by atoms with E-state index >= 15 is 0 Å². The van der Waals surface area contributed by atoms with Crippen LogP contribution in [0.3, 0.4) is 0 Å². The number of nitrogens with zero attached hydrogens (tertiary/aromatic N) is 1. The molecule has 1 saturated heterocycles. The molecule has 0 aliphatic carbocycles. The third-order valence-electron chi connectivity index (χ3n) is 4.66. The normalized spacial score (nSPS) is 20.2.